The Morgan fingerprint density at radius 1 is 0.837 bits per heavy atom. The van der Waals surface area contributed by atoms with Crippen molar-refractivity contribution in [2.75, 3.05) is 11.9 Å². The number of benzene rings is 4. The molecule has 0 atom stereocenters. The number of amides is 1. The summed E-state index contributed by atoms with van der Waals surface area (Å²) in [6, 6.07) is 26.6. The van der Waals surface area contributed by atoms with Crippen LogP contribution in [0.15, 0.2) is 95.9 Å². The van der Waals surface area contributed by atoms with Crippen LogP contribution in [0, 0.1) is 0 Å². The molecule has 1 aliphatic carbocycles. The lowest BCUT2D eigenvalue weighted by Crippen LogP contribution is -2.44. The number of carboxylic acid groups (broad SMARTS) is 1. The minimum Gasteiger partial charge on any atom is -0.492 e. The van der Waals surface area contributed by atoms with Crippen LogP contribution in [0.2, 0.25) is 10.0 Å². The summed E-state index contributed by atoms with van der Waals surface area (Å²) >= 11 is 13.8. The number of carbonyl (C=O) groups excluding carboxylic acids is 1. The molecule has 1 aliphatic rings. The summed E-state index contributed by atoms with van der Waals surface area (Å²) in [7, 11) is 0. The van der Waals surface area contributed by atoms with Crippen molar-refractivity contribution in [1.82, 2.24) is 4.72 Å². The van der Waals surface area contributed by atoms with Crippen LogP contribution >= 0.6 is 35.1 Å². The van der Waals surface area contributed by atoms with Gasteiger partial charge < -0.3 is 19.9 Å². The predicted octanol–water partition coefficient (Wildman–Crippen LogP) is 8.65. The molecule has 0 unspecified atom stereocenters. The Kier molecular flexibility index (Phi) is 10.1. The molecule has 222 valence electrons. The van der Waals surface area contributed by atoms with Crippen LogP contribution < -0.4 is 19.5 Å². The monoisotopic (exact) mass is 636 g/mol. The summed E-state index contributed by atoms with van der Waals surface area (Å²) in [6.45, 7) is 0.540. The van der Waals surface area contributed by atoms with Crippen molar-refractivity contribution in [2.24, 2.45) is 0 Å². The first-order valence-electron chi connectivity index (χ1n) is 13.8. The van der Waals surface area contributed by atoms with Crippen molar-refractivity contribution < 1.29 is 24.2 Å². The lowest BCUT2D eigenvalue weighted by Gasteiger charge is -2.29. The van der Waals surface area contributed by atoms with E-state index in [1.807, 2.05) is 36.4 Å². The molecule has 0 aliphatic heterocycles. The number of carboxylic acids is 1. The van der Waals surface area contributed by atoms with Crippen LogP contribution in [-0.2, 0) is 11.2 Å². The fraction of sp³-hybridized carbons (Fsp3) is 0.212. The van der Waals surface area contributed by atoms with Gasteiger partial charge in [-0.2, -0.15) is 0 Å². The zero-order valence-electron chi connectivity index (χ0n) is 23.1. The zero-order chi connectivity index (χ0) is 30.2. The number of rotatable bonds is 12. The molecule has 0 bridgehead atoms. The Hall–Kier alpha value is -3.69. The summed E-state index contributed by atoms with van der Waals surface area (Å²) in [6.07, 6.45) is 4.44. The highest BCUT2D eigenvalue weighted by Crippen LogP contribution is 2.35. The molecule has 1 saturated carbocycles. The van der Waals surface area contributed by atoms with E-state index >= 15 is 0 Å². The van der Waals surface area contributed by atoms with E-state index in [4.69, 9.17) is 32.7 Å². The topological polar surface area (TPSA) is 96.9 Å². The van der Waals surface area contributed by atoms with E-state index in [9.17, 15) is 14.7 Å². The molecule has 7 nitrogen and oxygen atoms in total. The van der Waals surface area contributed by atoms with Gasteiger partial charge in [0.1, 0.15) is 23.9 Å². The molecule has 3 N–H and O–H groups in total. The second-order valence-corrected chi connectivity index (χ2v) is 12.0. The van der Waals surface area contributed by atoms with Gasteiger partial charge in [0.05, 0.1) is 33.3 Å². The van der Waals surface area contributed by atoms with Crippen molar-refractivity contribution in [3.8, 4) is 17.2 Å². The van der Waals surface area contributed by atoms with Crippen LogP contribution in [0.25, 0.3) is 0 Å². The summed E-state index contributed by atoms with van der Waals surface area (Å²) in [4.78, 5) is 24.9. The molecule has 1 amide bonds. The highest BCUT2D eigenvalue weighted by atomic mass is 35.5. The molecule has 0 spiro atoms. The molecule has 4 aromatic rings. The van der Waals surface area contributed by atoms with Gasteiger partial charge in [0, 0.05) is 4.90 Å². The number of hydrogen-bond donors (Lipinski definition) is 3. The van der Waals surface area contributed by atoms with Crippen LogP contribution in [-0.4, -0.2) is 29.1 Å². The third kappa shape index (κ3) is 8.45. The van der Waals surface area contributed by atoms with Gasteiger partial charge in [0.2, 0.25) is 5.91 Å². The largest absolute Gasteiger partial charge is 0.492 e. The fourth-order valence-electron chi connectivity index (χ4n) is 4.83. The molecule has 43 heavy (non-hydrogen) atoms. The van der Waals surface area contributed by atoms with E-state index < -0.39 is 5.97 Å². The SMILES string of the molecule is O=C(Cc1ccc(Oc2ccc(OCC3(NSc4ccc(Cl)c(Cl)c4)CCCC3)cc2)cc1)Nc1ccccc1C(=O)O. The average molecular weight is 638 g/mol. The number of ether oxygens (including phenoxy) is 2. The van der Waals surface area contributed by atoms with E-state index in [1.165, 1.54) is 6.07 Å². The van der Waals surface area contributed by atoms with Crippen molar-refractivity contribution in [3.05, 3.63) is 112 Å². The predicted molar refractivity (Wildman–Crippen MR) is 171 cm³/mol. The number of aromatic carboxylic acids is 1. The molecular weight excluding hydrogens is 607 g/mol. The molecule has 0 saturated heterocycles. The standard InChI is InChI=1S/C33H30Cl2N2O5S/c34-28-16-15-26(20-29(28)35)43-37-33(17-3-4-18-33)21-41-23-11-13-25(14-12-23)42-24-9-7-22(8-10-24)19-31(38)36-30-6-2-1-5-27(30)32(39)40/h1-2,5-16,20,37H,3-4,17-19,21H2,(H,36,38)(H,39,40). The van der Waals surface area contributed by atoms with Gasteiger partial charge in [-0.15, -0.1) is 0 Å². The Morgan fingerprint density at radius 3 is 2.16 bits per heavy atom. The highest BCUT2D eigenvalue weighted by molar-refractivity contribution is 7.97. The van der Waals surface area contributed by atoms with Crippen molar-refractivity contribution >= 4 is 52.7 Å². The number of carbonyl (C=O) groups is 2. The van der Waals surface area contributed by atoms with Gasteiger partial charge in [0.25, 0.3) is 0 Å². The summed E-state index contributed by atoms with van der Waals surface area (Å²) < 4.78 is 15.8. The fourth-order valence-corrected chi connectivity index (χ4v) is 6.10. The minimum absolute atomic E-state index is 0.0460. The molecule has 0 radical (unpaired) electrons. The number of para-hydroxylation sites is 1. The van der Waals surface area contributed by atoms with Gasteiger partial charge >= 0.3 is 5.97 Å². The summed E-state index contributed by atoms with van der Waals surface area (Å²) in [5.41, 5.74) is 0.951. The van der Waals surface area contributed by atoms with Crippen molar-refractivity contribution in [2.45, 2.75) is 42.5 Å². The third-order valence-electron chi connectivity index (χ3n) is 7.13. The molecule has 0 heterocycles. The lowest BCUT2D eigenvalue weighted by atomic mass is 10.0. The van der Waals surface area contributed by atoms with E-state index in [0.717, 1.165) is 41.9 Å². The van der Waals surface area contributed by atoms with Gasteiger partial charge in [-0.3, -0.25) is 9.52 Å². The first-order chi connectivity index (χ1) is 20.8. The third-order valence-corrected chi connectivity index (χ3v) is 8.90. The summed E-state index contributed by atoms with van der Waals surface area (Å²) in [5.74, 6) is 0.642. The van der Waals surface area contributed by atoms with Crippen LogP contribution in [0.5, 0.6) is 17.2 Å². The van der Waals surface area contributed by atoms with Crippen LogP contribution in [0.1, 0.15) is 41.6 Å². The Balaban J connectivity index is 1.11. The van der Waals surface area contributed by atoms with Crippen LogP contribution in [0.4, 0.5) is 5.69 Å². The first-order valence-corrected chi connectivity index (χ1v) is 15.4. The van der Waals surface area contributed by atoms with E-state index in [1.54, 1.807) is 60.5 Å². The number of hydrogen-bond acceptors (Lipinski definition) is 6. The van der Waals surface area contributed by atoms with Crippen molar-refractivity contribution in [3.63, 3.8) is 0 Å². The lowest BCUT2D eigenvalue weighted by molar-refractivity contribution is -0.115. The van der Waals surface area contributed by atoms with Gasteiger partial charge in [0.15, 0.2) is 0 Å². The summed E-state index contributed by atoms with van der Waals surface area (Å²) in [5, 5.41) is 13.0. The minimum atomic E-state index is -1.10. The van der Waals surface area contributed by atoms with E-state index in [2.05, 4.69) is 10.0 Å². The molecule has 1 fully saturated rings. The maximum Gasteiger partial charge on any atom is 0.337 e. The van der Waals surface area contributed by atoms with Gasteiger partial charge in [-0.25, -0.2) is 4.79 Å². The second kappa shape index (κ2) is 14.2. The van der Waals surface area contributed by atoms with Crippen LogP contribution in [0.3, 0.4) is 0 Å². The maximum atomic E-state index is 12.5. The second-order valence-electron chi connectivity index (χ2n) is 10.3. The highest BCUT2D eigenvalue weighted by Gasteiger charge is 2.35. The Labute approximate surface area is 264 Å². The molecule has 10 heteroatoms. The van der Waals surface area contributed by atoms with E-state index in [0.29, 0.717) is 28.2 Å². The quantitative estimate of drug-likeness (QED) is 0.134. The van der Waals surface area contributed by atoms with E-state index in [-0.39, 0.29) is 29.1 Å². The first kappa shape index (κ1) is 30.8. The molecule has 0 aromatic heterocycles. The molecular formula is C33H30Cl2N2O5S. The normalized spacial score (nSPS) is 13.8. The Bertz CT molecular complexity index is 1580. The number of nitrogens with one attached hydrogen (secondary N) is 2. The Morgan fingerprint density at radius 2 is 1.49 bits per heavy atom. The van der Waals surface area contributed by atoms with Gasteiger partial charge in [-0.05, 0) is 97.1 Å². The molecule has 5 rings (SSSR count). The molecule has 4 aromatic carbocycles. The number of anilines is 1. The number of halogens is 2. The van der Waals surface area contributed by atoms with Gasteiger partial charge in [-0.1, -0.05) is 60.3 Å². The smallest absolute Gasteiger partial charge is 0.337 e. The maximum absolute atomic E-state index is 12.5. The zero-order valence-corrected chi connectivity index (χ0v) is 25.5. The average Bonchev–Trinajstić information content (AvgIpc) is 3.48. The van der Waals surface area contributed by atoms with Crippen molar-refractivity contribution in [1.29, 1.82) is 0 Å².